The van der Waals surface area contributed by atoms with Crippen molar-refractivity contribution in [1.82, 2.24) is 0 Å². The number of hydrogen-bond acceptors (Lipinski definition) is 1. The smallest absolute Gasteiger partial charge is 0.123 e. The van der Waals surface area contributed by atoms with Crippen molar-refractivity contribution in [3.63, 3.8) is 0 Å². The molecule has 0 spiro atoms. The molecule has 0 bridgehead atoms. The van der Waals surface area contributed by atoms with Crippen LogP contribution >= 0.6 is 0 Å². The number of aryl methyl sites for hydroxylation is 1. The van der Waals surface area contributed by atoms with Gasteiger partial charge in [0.2, 0.25) is 0 Å². The Morgan fingerprint density at radius 1 is 1.20 bits per heavy atom. The molecule has 0 aliphatic carbocycles. The van der Waals surface area contributed by atoms with Crippen LogP contribution in [0.2, 0.25) is 0 Å². The van der Waals surface area contributed by atoms with Crippen molar-refractivity contribution < 1.29 is 9.50 Å². The first-order valence-corrected chi connectivity index (χ1v) is 5.37. The predicted molar refractivity (Wildman–Crippen MR) is 60.1 cm³/mol. The summed E-state index contributed by atoms with van der Waals surface area (Å²) in [5.41, 5.74) is 1.65. The molecule has 2 unspecified atom stereocenters. The molecule has 84 valence electrons. The van der Waals surface area contributed by atoms with Crippen LogP contribution in [0.15, 0.2) is 18.2 Å². The van der Waals surface area contributed by atoms with Gasteiger partial charge in [0.25, 0.3) is 0 Å². The minimum Gasteiger partial charge on any atom is -0.388 e. The molecule has 2 heteroatoms. The summed E-state index contributed by atoms with van der Waals surface area (Å²) >= 11 is 0. The zero-order chi connectivity index (χ0) is 11.6. The van der Waals surface area contributed by atoms with E-state index in [0.29, 0.717) is 11.5 Å². The van der Waals surface area contributed by atoms with Gasteiger partial charge < -0.3 is 5.11 Å². The third-order valence-electron chi connectivity index (χ3n) is 3.11. The number of hydrogen-bond donors (Lipinski definition) is 1. The van der Waals surface area contributed by atoms with E-state index < -0.39 is 6.10 Å². The van der Waals surface area contributed by atoms with Crippen molar-refractivity contribution in [3.8, 4) is 0 Å². The van der Waals surface area contributed by atoms with Gasteiger partial charge >= 0.3 is 0 Å². The van der Waals surface area contributed by atoms with Gasteiger partial charge in [0.15, 0.2) is 0 Å². The van der Waals surface area contributed by atoms with Crippen LogP contribution in [0.3, 0.4) is 0 Å². The van der Waals surface area contributed by atoms with Gasteiger partial charge in [0.1, 0.15) is 5.82 Å². The highest BCUT2D eigenvalue weighted by Gasteiger charge is 2.21. The van der Waals surface area contributed by atoms with Gasteiger partial charge in [-0.1, -0.05) is 26.8 Å². The summed E-state index contributed by atoms with van der Waals surface area (Å²) in [5.74, 6) is 0.221. The summed E-state index contributed by atoms with van der Waals surface area (Å²) in [7, 11) is 0. The van der Waals surface area contributed by atoms with Gasteiger partial charge in [-0.2, -0.15) is 0 Å². The van der Waals surface area contributed by atoms with Crippen LogP contribution < -0.4 is 0 Å². The lowest BCUT2D eigenvalue weighted by Crippen LogP contribution is -2.16. The molecule has 1 aromatic carbocycles. The Labute approximate surface area is 90.9 Å². The number of aliphatic hydroxyl groups excluding tert-OH is 1. The van der Waals surface area contributed by atoms with Crippen molar-refractivity contribution in [2.45, 2.75) is 33.8 Å². The van der Waals surface area contributed by atoms with Gasteiger partial charge in [-0.3, -0.25) is 0 Å². The van der Waals surface area contributed by atoms with Crippen molar-refractivity contribution in [2.75, 3.05) is 0 Å². The maximum absolute atomic E-state index is 13.1. The van der Waals surface area contributed by atoms with E-state index in [1.54, 1.807) is 6.07 Å². The third kappa shape index (κ3) is 2.78. The van der Waals surface area contributed by atoms with Crippen molar-refractivity contribution >= 4 is 0 Å². The highest BCUT2D eigenvalue weighted by atomic mass is 19.1. The normalized spacial score (nSPS) is 15.4. The van der Waals surface area contributed by atoms with Crippen molar-refractivity contribution in [1.29, 1.82) is 0 Å². The van der Waals surface area contributed by atoms with Gasteiger partial charge in [-0.15, -0.1) is 0 Å². The number of halogens is 1. The zero-order valence-corrected chi connectivity index (χ0v) is 9.79. The second kappa shape index (κ2) is 4.75. The van der Waals surface area contributed by atoms with Gasteiger partial charge in [0.05, 0.1) is 6.10 Å². The monoisotopic (exact) mass is 210 g/mol. The fourth-order valence-corrected chi connectivity index (χ4v) is 1.58. The largest absolute Gasteiger partial charge is 0.388 e. The van der Waals surface area contributed by atoms with Crippen LogP contribution in [0.25, 0.3) is 0 Å². The van der Waals surface area contributed by atoms with Crippen molar-refractivity contribution in [2.24, 2.45) is 11.8 Å². The number of benzene rings is 1. The first kappa shape index (κ1) is 12.2. The lowest BCUT2D eigenvalue weighted by molar-refractivity contribution is 0.0912. The number of rotatable bonds is 3. The first-order chi connectivity index (χ1) is 6.93. The molecule has 0 saturated heterocycles. The van der Waals surface area contributed by atoms with Crippen LogP contribution in [0.5, 0.6) is 0 Å². The molecular weight excluding hydrogens is 191 g/mol. The Morgan fingerprint density at radius 2 is 1.80 bits per heavy atom. The fourth-order valence-electron chi connectivity index (χ4n) is 1.58. The minimum absolute atomic E-state index is 0.130. The third-order valence-corrected chi connectivity index (χ3v) is 3.11. The molecule has 1 N–H and O–H groups in total. The maximum atomic E-state index is 13.1. The average Bonchev–Trinajstić information content (AvgIpc) is 2.19. The van der Waals surface area contributed by atoms with Gasteiger partial charge in [-0.05, 0) is 42.0 Å². The molecule has 1 rings (SSSR count). The van der Waals surface area contributed by atoms with Gasteiger partial charge in [-0.25, -0.2) is 4.39 Å². The zero-order valence-electron chi connectivity index (χ0n) is 9.79. The van der Waals surface area contributed by atoms with Gasteiger partial charge in [0, 0.05) is 0 Å². The lowest BCUT2D eigenvalue weighted by Gasteiger charge is -2.23. The predicted octanol–water partition coefficient (Wildman–Crippen LogP) is 3.46. The van der Waals surface area contributed by atoms with Crippen LogP contribution in [0, 0.1) is 24.6 Å². The molecule has 1 aromatic rings. The Kier molecular flexibility index (Phi) is 3.86. The fraction of sp³-hybridized carbons (Fsp3) is 0.538. The molecular formula is C13H19FO. The summed E-state index contributed by atoms with van der Waals surface area (Å²) in [6, 6.07) is 4.56. The summed E-state index contributed by atoms with van der Waals surface area (Å²) in [6.45, 7) is 8.00. The van der Waals surface area contributed by atoms with E-state index >= 15 is 0 Å². The summed E-state index contributed by atoms with van der Waals surface area (Å²) in [4.78, 5) is 0. The van der Waals surface area contributed by atoms with E-state index in [2.05, 4.69) is 13.8 Å². The Hall–Kier alpha value is -0.890. The number of aliphatic hydroxyl groups is 1. The van der Waals surface area contributed by atoms with E-state index in [4.69, 9.17) is 0 Å². The highest BCUT2D eigenvalue weighted by Crippen LogP contribution is 2.29. The average molecular weight is 210 g/mol. The van der Waals surface area contributed by atoms with Crippen LogP contribution in [-0.2, 0) is 0 Å². The molecule has 0 fully saturated rings. The lowest BCUT2D eigenvalue weighted by atomic mass is 9.86. The standard InChI is InChI=1S/C13H19FO/c1-8(2)10(4)13(15)12-7-11(14)6-5-9(12)3/h5-8,10,13,15H,1-4H3. The Balaban J connectivity index is 2.99. The summed E-state index contributed by atoms with van der Waals surface area (Å²) in [5, 5.41) is 10.1. The van der Waals surface area contributed by atoms with E-state index in [-0.39, 0.29) is 11.7 Å². The van der Waals surface area contributed by atoms with E-state index in [1.807, 2.05) is 13.8 Å². The molecule has 0 radical (unpaired) electrons. The minimum atomic E-state index is -0.583. The molecule has 0 heterocycles. The maximum Gasteiger partial charge on any atom is 0.123 e. The van der Waals surface area contributed by atoms with E-state index in [0.717, 1.165) is 5.56 Å². The Morgan fingerprint density at radius 3 is 2.33 bits per heavy atom. The molecule has 2 atom stereocenters. The SMILES string of the molecule is Cc1ccc(F)cc1C(O)C(C)C(C)C. The summed E-state index contributed by atoms with van der Waals surface area (Å²) in [6.07, 6.45) is -0.583. The molecule has 0 amide bonds. The van der Waals surface area contributed by atoms with Crippen LogP contribution in [-0.4, -0.2) is 5.11 Å². The molecule has 15 heavy (non-hydrogen) atoms. The molecule has 0 aliphatic heterocycles. The molecule has 0 aromatic heterocycles. The van der Waals surface area contributed by atoms with Crippen LogP contribution in [0.1, 0.15) is 38.0 Å². The summed E-state index contributed by atoms with van der Waals surface area (Å²) < 4.78 is 13.1. The molecule has 0 saturated carbocycles. The second-order valence-corrected chi connectivity index (χ2v) is 4.55. The Bertz CT molecular complexity index is 333. The first-order valence-electron chi connectivity index (χ1n) is 5.37. The topological polar surface area (TPSA) is 20.2 Å². The quantitative estimate of drug-likeness (QED) is 0.810. The van der Waals surface area contributed by atoms with E-state index in [9.17, 15) is 9.50 Å². The van der Waals surface area contributed by atoms with Crippen molar-refractivity contribution in [3.05, 3.63) is 35.1 Å². The van der Waals surface area contributed by atoms with Crippen LogP contribution in [0.4, 0.5) is 4.39 Å². The molecule has 0 aliphatic rings. The highest BCUT2D eigenvalue weighted by molar-refractivity contribution is 5.28. The molecule has 1 nitrogen and oxygen atoms in total. The van der Waals surface area contributed by atoms with E-state index in [1.165, 1.54) is 12.1 Å². The second-order valence-electron chi connectivity index (χ2n) is 4.55.